The fourth-order valence-electron chi connectivity index (χ4n) is 5.72. The van der Waals surface area contributed by atoms with Crippen molar-refractivity contribution in [1.82, 2.24) is 15.1 Å². The number of amidine groups is 1. The number of allylic oxidation sites excluding steroid dienone is 1. The molecule has 1 fully saturated rings. The summed E-state index contributed by atoms with van der Waals surface area (Å²) in [5, 5.41) is 3.01. The molecule has 44 heavy (non-hydrogen) atoms. The Hall–Kier alpha value is -3.65. The summed E-state index contributed by atoms with van der Waals surface area (Å²) in [6, 6.07) is 13.9. The molecular formula is C36H50N4O4. The topological polar surface area (TPSA) is 83.5 Å². The highest BCUT2D eigenvalue weighted by Gasteiger charge is 2.45. The molecular weight excluding hydrogens is 552 g/mol. The van der Waals surface area contributed by atoms with E-state index in [1.54, 1.807) is 11.2 Å². The van der Waals surface area contributed by atoms with Crippen LogP contribution in [0.2, 0.25) is 0 Å². The second kappa shape index (κ2) is 16.4. The van der Waals surface area contributed by atoms with Crippen molar-refractivity contribution in [3.63, 3.8) is 0 Å². The van der Waals surface area contributed by atoms with Gasteiger partial charge in [-0.3, -0.25) is 14.6 Å². The lowest BCUT2D eigenvalue weighted by molar-refractivity contribution is -0.125. The van der Waals surface area contributed by atoms with Gasteiger partial charge in [0.05, 0.1) is 19.4 Å². The molecule has 2 heterocycles. The van der Waals surface area contributed by atoms with E-state index in [0.717, 1.165) is 87.8 Å². The number of amides is 2. The Balaban J connectivity index is 1.05. The van der Waals surface area contributed by atoms with Crippen molar-refractivity contribution in [2.75, 3.05) is 46.9 Å². The number of ether oxygens (including phenoxy) is 2. The van der Waals surface area contributed by atoms with Gasteiger partial charge in [-0.05, 0) is 94.0 Å². The van der Waals surface area contributed by atoms with Crippen LogP contribution in [0.5, 0.6) is 5.75 Å². The molecule has 4 rings (SSSR count). The molecule has 2 aromatic rings. The summed E-state index contributed by atoms with van der Waals surface area (Å²) < 4.78 is 11.6. The highest BCUT2D eigenvalue weighted by Crippen LogP contribution is 2.31. The maximum atomic E-state index is 12.7. The van der Waals surface area contributed by atoms with E-state index in [1.165, 1.54) is 11.1 Å². The number of aliphatic imine (C=N–C) groups is 1. The second-order valence-electron chi connectivity index (χ2n) is 12.2. The predicted octanol–water partition coefficient (Wildman–Crippen LogP) is 5.92. The molecule has 0 aliphatic carbocycles. The van der Waals surface area contributed by atoms with Crippen molar-refractivity contribution in [1.29, 1.82) is 0 Å². The minimum absolute atomic E-state index is 0.0204. The third-order valence-corrected chi connectivity index (χ3v) is 8.63. The number of hydrogen-bond donors (Lipinski definition) is 1. The molecule has 2 aromatic carbocycles. The van der Waals surface area contributed by atoms with Crippen LogP contribution in [0.15, 0.2) is 59.8 Å². The second-order valence-corrected chi connectivity index (χ2v) is 12.2. The first kappa shape index (κ1) is 33.2. The zero-order chi connectivity index (χ0) is 31.4. The van der Waals surface area contributed by atoms with Crippen molar-refractivity contribution < 1.29 is 19.1 Å². The minimum Gasteiger partial charge on any atom is -0.500 e. The van der Waals surface area contributed by atoms with E-state index in [2.05, 4.69) is 43.3 Å². The maximum Gasteiger partial charge on any atom is 0.253 e. The van der Waals surface area contributed by atoms with Crippen molar-refractivity contribution in [2.45, 2.75) is 77.2 Å². The largest absolute Gasteiger partial charge is 0.500 e. The fourth-order valence-corrected chi connectivity index (χ4v) is 5.72. The Kier molecular flexibility index (Phi) is 12.4. The zero-order valence-corrected chi connectivity index (χ0v) is 27.1. The van der Waals surface area contributed by atoms with Crippen molar-refractivity contribution in [3.8, 4) is 5.75 Å². The molecule has 8 heteroatoms. The maximum absolute atomic E-state index is 12.7. The summed E-state index contributed by atoms with van der Waals surface area (Å²) in [6.07, 6.45) is 12.7. The Bertz CT molecular complexity index is 1310. The van der Waals surface area contributed by atoms with Crippen LogP contribution >= 0.6 is 0 Å². The monoisotopic (exact) mass is 602 g/mol. The quantitative estimate of drug-likeness (QED) is 0.191. The number of hydrogen-bond acceptors (Lipinski definition) is 6. The first-order valence-electron chi connectivity index (χ1n) is 16.3. The van der Waals surface area contributed by atoms with Gasteiger partial charge < -0.3 is 24.6 Å². The molecule has 2 aliphatic rings. The number of likely N-dealkylation sites (N-methyl/N-ethyl adjacent to an activating group) is 1. The van der Waals surface area contributed by atoms with E-state index in [4.69, 9.17) is 14.5 Å². The van der Waals surface area contributed by atoms with Crippen LogP contribution in [0.25, 0.3) is 0 Å². The number of likely N-dealkylation sites (tertiary alicyclic amines) is 1. The van der Waals surface area contributed by atoms with Gasteiger partial charge in [0, 0.05) is 31.3 Å². The first-order chi connectivity index (χ1) is 21.3. The summed E-state index contributed by atoms with van der Waals surface area (Å²) in [5.74, 6) is 1.51. The molecule has 0 bridgehead atoms. The van der Waals surface area contributed by atoms with Gasteiger partial charge in [-0.2, -0.15) is 0 Å². The van der Waals surface area contributed by atoms with E-state index >= 15 is 0 Å². The number of carbonyl (C=O) groups is 2. The minimum atomic E-state index is -0.613. The average molecular weight is 603 g/mol. The Morgan fingerprint density at radius 3 is 2.66 bits per heavy atom. The molecule has 2 amide bonds. The Morgan fingerprint density at radius 1 is 1.09 bits per heavy atom. The molecule has 0 radical (unpaired) electrons. The molecule has 2 aliphatic heterocycles. The number of rotatable bonds is 16. The van der Waals surface area contributed by atoms with Gasteiger partial charge in [0.2, 0.25) is 0 Å². The fraction of sp³-hybridized carbons (Fsp3) is 0.528. The summed E-state index contributed by atoms with van der Waals surface area (Å²) in [7, 11) is 3.90. The molecule has 1 N–H and O–H groups in total. The Morgan fingerprint density at radius 2 is 1.89 bits per heavy atom. The van der Waals surface area contributed by atoms with Crippen LogP contribution in [0, 0.1) is 6.92 Å². The highest BCUT2D eigenvalue weighted by atomic mass is 16.5. The van der Waals surface area contributed by atoms with Crippen LogP contribution in [0.1, 0.15) is 85.3 Å². The van der Waals surface area contributed by atoms with Gasteiger partial charge in [0.25, 0.3) is 11.8 Å². The molecule has 1 spiro atoms. The molecule has 1 saturated heterocycles. The van der Waals surface area contributed by atoms with E-state index in [9.17, 15) is 9.59 Å². The smallest absolute Gasteiger partial charge is 0.253 e. The molecule has 0 saturated carbocycles. The number of unbranched alkanes of at least 4 members (excludes halogenated alkanes) is 4. The third kappa shape index (κ3) is 9.18. The average Bonchev–Trinajstić information content (AvgIpc) is 3.35. The summed E-state index contributed by atoms with van der Waals surface area (Å²) in [4.78, 5) is 34.3. The summed E-state index contributed by atoms with van der Waals surface area (Å²) >= 11 is 0. The van der Waals surface area contributed by atoms with Crippen LogP contribution in [-0.4, -0.2) is 79.9 Å². The Labute approximate surface area is 263 Å². The van der Waals surface area contributed by atoms with Gasteiger partial charge in [-0.25, -0.2) is 0 Å². The zero-order valence-electron chi connectivity index (χ0n) is 27.1. The third-order valence-electron chi connectivity index (χ3n) is 8.63. The number of piperidine rings is 1. The predicted molar refractivity (Wildman–Crippen MR) is 176 cm³/mol. The number of nitrogens with one attached hydrogen (secondary N) is 1. The van der Waals surface area contributed by atoms with E-state index < -0.39 is 5.54 Å². The molecule has 0 aromatic heterocycles. The van der Waals surface area contributed by atoms with Crippen LogP contribution in [0.4, 0.5) is 0 Å². The standard InChI is InChI=1S/C36H50N4O4/c1-5-13-29-16-17-31(26-28(29)2)34(41)40(4)22-25-43-23-10-8-6-7-9-11-24-44-32-15-12-14-30(27-32)33-37-35(42)36(38-33)18-20-39(3)21-19-36/h10,12,14-17,23,26-27H,5-9,11,13,18-22,24-25H2,1-4H3,(H,37,38,42)/b23-10+. The van der Waals surface area contributed by atoms with E-state index in [0.29, 0.717) is 25.6 Å². The number of carbonyl (C=O) groups excluding carboxylic acids is 2. The van der Waals surface area contributed by atoms with Crippen molar-refractivity contribution >= 4 is 17.6 Å². The number of benzene rings is 2. The number of nitrogens with zero attached hydrogens (tertiary/aromatic N) is 3. The van der Waals surface area contributed by atoms with Crippen LogP contribution in [-0.2, 0) is 16.0 Å². The van der Waals surface area contributed by atoms with E-state index in [1.807, 2.05) is 43.4 Å². The number of aryl methyl sites for hydroxylation is 2. The van der Waals surface area contributed by atoms with Crippen LogP contribution in [0.3, 0.4) is 0 Å². The van der Waals surface area contributed by atoms with E-state index in [-0.39, 0.29) is 11.8 Å². The van der Waals surface area contributed by atoms with Gasteiger partial charge in [-0.1, -0.05) is 44.4 Å². The molecule has 238 valence electrons. The first-order valence-corrected chi connectivity index (χ1v) is 16.3. The van der Waals surface area contributed by atoms with Gasteiger partial charge in [-0.15, -0.1) is 0 Å². The summed E-state index contributed by atoms with van der Waals surface area (Å²) in [5.41, 5.74) is 3.50. The van der Waals surface area contributed by atoms with Gasteiger partial charge in [0.1, 0.15) is 23.7 Å². The SMILES string of the molecule is CCCc1ccc(C(=O)N(C)CCO/C=C/CCCCCCOc2cccc(C3=NC4(CCN(C)CC4)C(=O)N3)c2)cc1C. The van der Waals surface area contributed by atoms with Gasteiger partial charge in [0.15, 0.2) is 0 Å². The molecule has 0 atom stereocenters. The lowest BCUT2D eigenvalue weighted by Gasteiger charge is -2.33. The lowest BCUT2D eigenvalue weighted by Crippen LogP contribution is -2.47. The summed E-state index contributed by atoms with van der Waals surface area (Å²) in [6.45, 7) is 7.68. The molecule has 8 nitrogen and oxygen atoms in total. The highest BCUT2D eigenvalue weighted by molar-refractivity contribution is 6.15. The van der Waals surface area contributed by atoms with Crippen molar-refractivity contribution in [3.05, 3.63) is 77.1 Å². The normalized spacial score (nSPS) is 16.3. The van der Waals surface area contributed by atoms with Gasteiger partial charge >= 0.3 is 0 Å². The van der Waals surface area contributed by atoms with Crippen LogP contribution < -0.4 is 10.1 Å². The lowest BCUT2D eigenvalue weighted by atomic mass is 9.88. The molecule has 0 unspecified atom stereocenters. The van der Waals surface area contributed by atoms with Crippen molar-refractivity contribution in [2.24, 2.45) is 4.99 Å².